The Hall–Kier alpha value is -3.81. The minimum absolute atomic E-state index is 0.242. The maximum absolute atomic E-state index is 11.7. The van der Waals surface area contributed by atoms with Crippen LogP contribution in [0.3, 0.4) is 0 Å². The summed E-state index contributed by atoms with van der Waals surface area (Å²) in [5.41, 5.74) is 4.02. The van der Waals surface area contributed by atoms with Gasteiger partial charge in [-0.05, 0) is 31.0 Å². The molecule has 10 heteroatoms. The molecule has 2 N–H and O–H groups in total. The van der Waals surface area contributed by atoms with Crippen molar-refractivity contribution in [2.24, 2.45) is 0 Å². The highest BCUT2D eigenvalue weighted by Crippen LogP contribution is 2.29. The number of aliphatic hydroxyl groups is 1. The number of fused-ring (bicyclic) bond motifs is 1. The number of benzene rings is 1. The van der Waals surface area contributed by atoms with Gasteiger partial charge in [0.05, 0.1) is 36.4 Å². The van der Waals surface area contributed by atoms with Gasteiger partial charge in [-0.25, -0.2) is 14.5 Å². The monoisotopic (exact) mass is 434 g/mol. The van der Waals surface area contributed by atoms with Gasteiger partial charge < -0.3 is 19.9 Å². The molecule has 0 spiro atoms. The van der Waals surface area contributed by atoms with Gasteiger partial charge in [-0.2, -0.15) is 5.26 Å². The van der Waals surface area contributed by atoms with Gasteiger partial charge in [0.2, 0.25) is 0 Å². The van der Waals surface area contributed by atoms with E-state index in [0.717, 1.165) is 16.7 Å². The molecule has 0 saturated heterocycles. The van der Waals surface area contributed by atoms with E-state index >= 15 is 0 Å². The number of rotatable bonds is 8. The van der Waals surface area contributed by atoms with E-state index in [2.05, 4.69) is 20.6 Å². The average molecular weight is 434 g/mol. The number of aromatic nitrogens is 4. The number of aliphatic hydroxyl groups excluding tert-OH is 1. The van der Waals surface area contributed by atoms with Gasteiger partial charge in [0.25, 0.3) is 0 Å². The molecule has 10 nitrogen and oxygen atoms in total. The predicted molar refractivity (Wildman–Crippen MR) is 112 cm³/mol. The summed E-state index contributed by atoms with van der Waals surface area (Å²) in [6.45, 7) is 5.08. The maximum atomic E-state index is 11.7. The van der Waals surface area contributed by atoms with Crippen molar-refractivity contribution >= 4 is 5.97 Å². The molecule has 0 aliphatic carbocycles. The first kappa shape index (κ1) is 21.4. The molecule has 1 atom stereocenters. The van der Waals surface area contributed by atoms with Crippen molar-refractivity contribution in [3.8, 4) is 17.6 Å². The van der Waals surface area contributed by atoms with Crippen LogP contribution in [0.4, 0.5) is 0 Å². The number of pyridine rings is 1. The molecule has 3 heterocycles. The molecule has 32 heavy (non-hydrogen) atoms. The summed E-state index contributed by atoms with van der Waals surface area (Å²) >= 11 is 0. The van der Waals surface area contributed by atoms with Crippen molar-refractivity contribution in [3.05, 3.63) is 64.1 Å². The molecule has 0 saturated carbocycles. The Kier molecular flexibility index (Phi) is 6.11. The molecule has 2 aromatic heterocycles. The zero-order chi connectivity index (χ0) is 22.7. The number of carbonyl (C=O) groups excluding carboxylic acids is 1. The molecule has 1 aliphatic rings. The SMILES string of the molecule is CCOc1cc(-n2cc(CNCC(O)c3ccc4c(c3C)COC4=O)nn2)ncc1C#N. The van der Waals surface area contributed by atoms with Crippen LogP contribution in [0, 0.1) is 18.3 Å². The number of nitrogens with one attached hydrogen (secondary N) is 1. The summed E-state index contributed by atoms with van der Waals surface area (Å²) in [5, 5.41) is 31.1. The minimum atomic E-state index is -0.750. The first-order valence-corrected chi connectivity index (χ1v) is 10.1. The van der Waals surface area contributed by atoms with Crippen molar-refractivity contribution in [1.29, 1.82) is 5.26 Å². The standard InChI is InChI=1S/C22H22N6O4/c1-3-31-20-6-21(25-8-14(20)7-23)28-11-15(26-27-28)9-24-10-19(29)16-4-5-17-18(13(16)2)12-32-22(17)30/h4-6,8,11,19,24,29H,3,9-10,12H2,1-2H3. The van der Waals surface area contributed by atoms with Crippen molar-refractivity contribution < 1.29 is 19.4 Å². The van der Waals surface area contributed by atoms with Gasteiger partial charge in [-0.3, -0.25) is 0 Å². The second-order valence-corrected chi connectivity index (χ2v) is 7.27. The second-order valence-electron chi connectivity index (χ2n) is 7.27. The fourth-order valence-corrected chi connectivity index (χ4v) is 3.58. The molecule has 4 rings (SSSR count). The van der Waals surface area contributed by atoms with Crippen molar-refractivity contribution in [3.63, 3.8) is 0 Å². The molecule has 0 amide bonds. The highest BCUT2D eigenvalue weighted by Gasteiger charge is 2.25. The summed E-state index contributed by atoms with van der Waals surface area (Å²) < 4.78 is 12.0. The molecule has 1 aliphatic heterocycles. The summed E-state index contributed by atoms with van der Waals surface area (Å²) in [5.74, 6) is 0.599. The van der Waals surface area contributed by atoms with Crippen LogP contribution in [-0.4, -0.2) is 44.2 Å². The molecule has 164 valence electrons. The number of nitrogens with zero attached hydrogens (tertiary/aromatic N) is 5. The number of hydrogen-bond donors (Lipinski definition) is 2. The molecule has 0 bridgehead atoms. The van der Waals surface area contributed by atoms with Crippen LogP contribution >= 0.6 is 0 Å². The van der Waals surface area contributed by atoms with E-state index in [-0.39, 0.29) is 12.6 Å². The van der Waals surface area contributed by atoms with Crippen molar-refractivity contribution in [2.75, 3.05) is 13.2 Å². The molecule has 3 aromatic rings. The van der Waals surface area contributed by atoms with Crippen LogP contribution in [0.1, 0.15) is 51.3 Å². The van der Waals surface area contributed by atoms with E-state index in [4.69, 9.17) is 14.7 Å². The van der Waals surface area contributed by atoms with Crippen LogP contribution in [0.5, 0.6) is 5.75 Å². The Bertz CT molecular complexity index is 1200. The normalized spacial score (nSPS) is 13.4. The highest BCUT2D eigenvalue weighted by molar-refractivity contribution is 5.93. The van der Waals surface area contributed by atoms with Gasteiger partial charge in [0.1, 0.15) is 24.0 Å². The lowest BCUT2D eigenvalue weighted by Gasteiger charge is -2.16. The smallest absolute Gasteiger partial charge is 0.338 e. The quantitative estimate of drug-likeness (QED) is 0.508. The zero-order valence-electron chi connectivity index (χ0n) is 17.7. The largest absolute Gasteiger partial charge is 0.492 e. The fraction of sp³-hybridized carbons (Fsp3) is 0.318. The van der Waals surface area contributed by atoms with Gasteiger partial charge in [-0.1, -0.05) is 11.3 Å². The number of cyclic esters (lactones) is 1. The van der Waals surface area contributed by atoms with E-state index in [9.17, 15) is 9.90 Å². The molecular weight excluding hydrogens is 412 g/mol. The number of ether oxygens (including phenoxy) is 2. The van der Waals surface area contributed by atoms with Crippen molar-refractivity contribution in [2.45, 2.75) is 33.1 Å². The van der Waals surface area contributed by atoms with Crippen LogP contribution in [0.15, 0.2) is 30.6 Å². The average Bonchev–Trinajstić information content (AvgIpc) is 3.41. The van der Waals surface area contributed by atoms with Crippen LogP contribution < -0.4 is 10.1 Å². The Morgan fingerprint density at radius 3 is 3.06 bits per heavy atom. The van der Waals surface area contributed by atoms with Gasteiger partial charge in [0.15, 0.2) is 5.82 Å². The first-order valence-electron chi connectivity index (χ1n) is 10.1. The molecule has 0 radical (unpaired) electrons. The van der Waals surface area contributed by atoms with Gasteiger partial charge in [-0.15, -0.1) is 5.10 Å². The van der Waals surface area contributed by atoms with E-state index in [0.29, 0.717) is 48.1 Å². The van der Waals surface area contributed by atoms with E-state index in [1.165, 1.54) is 10.9 Å². The molecular formula is C22H22N6O4. The molecule has 0 fully saturated rings. The lowest BCUT2D eigenvalue weighted by atomic mass is 9.95. The van der Waals surface area contributed by atoms with E-state index in [1.807, 2.05) is 19.9 Å². The maximum Gasteiger partial charge on any atom is 0.338 e. The summed E-state index contributed by atoms with van der Waals surface area (Å²) in [4.78, 5) is 15.9. The zero-order valence-corrected chi connectivity index (χ0v) is 17.7. The molecule has 1 unspecified atom stereocenters. The lowest BCUT2D eigenvalue weighted by Crippen LogP contribution is -2.22. The Labute approximate surface area is 184 Å². The van der Waals surface area contributed by atoms with Crippen LogP contribution in [0.25, 0.3) is 5.82 Å². The topological polar surface area (TPSA) is 135 Å². The van der Waals surface area contributed by atoms with Gasteiger partial charge >= 0.3 is 5.97 Å². The Morgan fingerprint density at radius 1 is 1.44 bits per heavy atom. The summed E-state index contributed by atoms with van der Waals surface area (Å²) in [6.07, 6.45) is 2.40. The van der Waals surface area contributed by atoms with Crippen LogP contribution in [-0.2, 0) is 17.9 Å². The number of nitriles is 1. The minimum Gasteiger partial charge on any atom is -0.492 e. The van der Waals surface area contributed by atoms with Crippen molar-refractivity contribution in [1.82, 2.24) is 25.3 Å². The second kappa shape index (κ2) is 9.13. The summed E-state index contributed by atoms with van der Waals surface area (Å²) in [7, 11) is 0. The Morgan fingerprint density at radius 2 is 2.28 bits per heavy atom. The third kappa shape index (κ3) is 4.16. The Balaban J connectivity index is 1.39. The van der Waals surface area contributed by atoms with E-state index < -0.39 is 6.10 Å². The highest BCUT2D eigenvalue weighted by atomic mass is 16.5. The number of carbonyl (C=O) groups is 1. The lowest BCUT2D eigenvalue weighted by molar-refractivity contribution is 0.0535. The first-order chi connectivity index (χ1) is 15.5. The third-order valence-electron chi connectivity index (χ3n) is 5.26. The van der Waals surface area contributed by atoms with Gasteiger partial charge in [0, 0.05) is 24.7 Å². The van der Waals surface area contributed by atoms with E-state index in [1.54, 1.807) is 24.4 Å². The molecule has 1 aromatic carbocycles. The van der Waals surface area contributed by atoms with Crippen LogP contribution in [0.2, 0.25) is 0 Å². The fourth-order valence-electron chi connectivity index (χ4n) is 3.58. The third-order valence-corrected chi connectivity index (χ3v) is 5.26. The number of hydrogen-bond acceptors (Lipinski definition) is 9. The number of esters is 1. The summed E-state index contributed by atoms with van der Waals surface area (Å²) in [6, 6.07) is 7.14. The predicted octanol–water partition coefficient (Wildman–Crippen LogP) is 1.73.